The zero-order chi connectivity index (χ0) is 14.1. The van der Waals surface area contributed by atoms with Crippen LogP contribution in [0.15, 0.2) is 0 Å². The SMILES string of the molecule is CCC1CNC(CC(C)C)CN1CC(C1CC1)C1CC1. The van der Waals surface area contributed by atoms with Gasteiger partial charge in [-0.15, -0.1) is 0 Å². The van der Waals surface area contributed by atoms with Gasteiger partial charge in [-0.2, -0.15) is 0 Å². The maximum absolute atomic E-state index is 3.80. The fraction of sp³-hybridized carbons (Fsp3) is 1.00. The maximum atomic E-state index is 3.80. The Balaban J connectivity index is 1.57. The average molecular weight is 278 g/mol. The van der Waals surface area contributed by atoms with Crippen LogP contribution in [0.5, 0.6) is 0 Å². The first-order chi connectivity index (χ1) is 9.67. The van der Waals surface area contributed by atoms with Crippen molar-refractivity contribution >= 4 is 0 Å². The van der Waals surface area contributed by atoms with E-state index in [2.05, 4.69) is 31.0 Å². The highest BCUT2D eigenvalue weighted by atomic mass is 15.2. The van der Waals surface area contributed by atoms with E-state index in [1.165, 1.54) is 58.2 Å². The fourth-order valence-corrected chi connectivity index (χ4v) is 4.28. The number of piperazine rings is 1. The first-order valence-corrected chi connectivity index (χ1v) is 9.14. The van der Waals surface area contributed by atoms with E-state index in [0.29, 0.717) is 0 Å². The second-order valence-corrected chi connectivity index (χ2v) is 8.09. The second kappa shape index (κ2) is 6.36. The molecule has 3 fully saturated rings. The van der Waals surface area contributed by atoms with Crippen LogP contribution in [-0.2, 0) is 0 Å². The van der Waals surface area contributed by atoms with Crippen LogP contribution in [0.25, 0.3) is 0 Å². The summed E-state index contributed by atoms with van der Waals surface area (Å²) in [5.41, 5.74) is 0. The minimum atomic E-state index is 0.733. The molecule has 2 nitrogen and oxygen atoms in total. The van der Waals surface area contributed by atoms with Crippen LogP contribution in [0.4, 0.5) is 0 Å². The molecule has 1 saturated heterocycles. The molecule has 0 amide bonds. The predicted octanol–water partition coefficient (Wildman–Crippen LogP) is 3.52. The molecule has 0 aromatic rings. The van der Waals surface area contributed by atoms with Crippen molar-refractivity contribution in [3.05, 3.63) is 0 Å². The van der Waals surface area contributed by atoms with Crippen LogP contribution < -0.4 is 5.32 Å². The molecule has 2 atom stereocenters. The Bertz CT molecular complexity index is 295. The molecule has 1 heterocycles. The molecule has 0 aromatic carbocycles. The summed E-state index contributed by atoms with van der Waals surface area (Å²) in [6.07, 6.45) is 8.76. The summed E-state index contributed by atoms with van der Waals surface area (Å²) in [5.74, 6) is 4.05. The third-order valence-corrected chi connectivity index (χ3v) is 5.74. The van der Waals surface area contributed by atoms with Crippen molar-refractivity contribution in [1.29, 1.82) is 0 Å². The Morgan fingerprint density at radius 3 is 2.25 bits per heavy atom. The predicted molar refractivity (Wildman–Crippen MR) is 85.8 cm³/mol. The van der Waals surface area contributed by atoms with Crippen LogP contribution in [0, 0.1) is 23.7 Å². The Labute approximate surface area is 125 Å². The number of rotatable bonds is 7. The van der Waals surface area contributed by atoms with Gasteiger partial charge in [-0.25, -0.2) is 0 Å². The highest BCUT2D eigenvalue weighted by Gasteiger charge is 2.43. The van der Waals surface area contributed by atoms with Crippen molar-refractivity contribution in [3.63, 3.8) is 0 Å². The molecule has 0 aromatic heterocycles. The molecule has 1 aliphatic heterocycles. The number of hydrogen-bond acceptors (Lipinski definition) is 2. The van der Waals surface area contributed by atoms with E-state index in [1.54, 1.807) is 0 Å². The standard InChI is InChI=1S/C18H34N2/c1-4-17-10-19-16(9-13(2)3)11-20(17)12-18(14-5-6-14)15-7-8-15/h13-19H,4-12H2,1-3H3. The molecule has 20 heavy (non-hydrogen) atoms. The summed E-state index contributed by atoms with van der Waals surface area (Å²) < 4.78 is 0. The van der Waals surface area contributed by atoms with Crippen LogP contribution in [0.2, 0.25) is 0 Å². The van der Waals surface area contributed by atoms with Gasteiger partial charge in [-0.05, 0) is 62.2 Å². The largest absolute Gasteiger partial charge is 0.311 e. The smallest absolute Gasteiger partial charge is 0.0218 e. The van der Waals surface area contributed by atoms with E-state index < -0.39 is 0 Å². The zero-order valence-corrected chi connectivity index (χ0v) is 13.8. The van der Waals surface area contributed by atoms with E-state index >= 15 is 0 Å². The van der Waals surface area contributed by atoms with Gasteiger partial charge in [-0.1, -0.05) is 20.8 Å². The summed E-state index contributed by atoms with van der Waals surface area (Å²) in [6, 6.07) is 1.52. The molecule has 0 radical (unpaired) electrons. The van der Waals surface area contributed by atoms with Gasteiger partial charge in [0, 0.05) is 31.7 Å². The minimum Gasteiger partial charge on any atom is -0.311 e. The monoisotopic (exact) mass is 278 g/mol. The Hall–Kier alpha value is -0.0800. The van der Waals surface area contributed by atoms with E-state index in [4.69, 9.17) is 0 Å². The van der Waals surface area contributed by atoms with Crippen LogP contribution in [0.3, 0.4) is 0 Å². The number of hydrogen-bond donors (Lipinski definition) is 1. The van der Waals surface area contributed by atoms with Crippen LogP contribution >= 0.6 is 0 Å². The maximum Gasteiger partial charge on any atom is 0.0218 e. The highest BCUT2D eigenvalue weighted by molar-refractivity contribution is 4.95. The van der Waals surface area contributed by atoms with Crippen molar-refractivity contribution in [2.45, 2.75) is 71.4 Å². The lowest BCUT2D eigenvalue weighted by molar-refractivity contribution is 0.0902. The molecule has 1 N–H and O–H groups in total. The van der Waals surface area contributed by atoms with Gasteiger partial charge in [-0.3, -0.25) is 4.90 Å². The summed E-state index contributed by atoms with van der Waals surface area (Å²) in [4.78, 5) is 2.87. The summed E-state index contributed by atoms with van der Waals surface area (Å²) in [6.45, 7) is 11.0. The summed E-state index contributed by atoms with van der Waals surface area (Å²) in [5, 5.41) is 3.80. The van der Waals surface area contributed by atoms with Gasteiger partial charge >= 0.3 is 0 Å². The Morgan fingerprint density at radius 1 is 1.10 bits per heavy atom. The van der Waals surface area contributed by atoms with Gasteiger partial charge in [0.2, 0.25) is 0 Å². The lowest BCUT2D eigenvalue weighted by Gasteiger charge is -2.42. The first-order valence-electron chi connectivity index (χ1n) is 9.14. The highest BCUT2D eigenvalue weighted by Crippen LogP contribution is 2.49. The van der Waals surface area contributed by atoms with E-state index in [0.717, 1.165) is 35.8 Å². The molecular formula is C18H34N2. The Morgan fingerprint density at radius 2 is 1.75 bits per heavy atom. The van der Waals surface area contributed by atoms with Crippen molar-refractivity contribution < 1.29 is 0 Å². The van der Waals surface area contributed by atoms with Crippen molar-refractivity contribution in [2.24, 2.45) is 23.7 Å². The van der Waals surface area contributed by atoms with Crippen molar-refractivity contribution in [3.8, 4) is 0 Å². The molecule has 2 unspecified atom stereocenters. The number of nitrogens with one attached hydrogen (secondary N) is 1. The molecule has 116 valence electrons. The Kier molecular flexibility index (Phi) is 4.72. The summed E-state index contributed by atoms with van der Waals surface area (Å²) >= 11 is 0. The zero-order valence-electron chi connectivity index (χ0n) is 13.8. The third-order valence-electron chi connectivity index (χ3n) is 5.74. The van der Waals surface area contributed by atoms with Gasteiger partial charge in [0.15, 0.2) is 0 Å². The molecule has 0 spiro atoms. The second-order valence-electron chi connectivity index (χ2n) is 8.09. The topological polar surface area (TPSA) is 15.3 Å². The molecule has 2 heteroatoms. The van der Waals surface area contributed by atoms with E-state index in [9.17, 15) is 0 Å². The van der Waals surface area contributed by atoms with Gasteiger partial charge in [0.1, 0.15) is 0 Å². The first kappa shape index (κ1) is 14.8. The molecule has 2 aliphatic carbocycles. The van der Waals surface area contributed by atoms with E-state index in [1.807, 2.05) is 0 Å². The van der Waals surface area contributed by atoms with Gasteiger partial charge in [0.25, 0.3) is 0 Å². The normalized spacial score (nSPS) is 32.2. The molecule has 3 rings (SSSR count). The van der Waals surface area contributed by atoms with E-state index in [-0.39, 0.29) is 0 Å². The molecule has 0 bridgehead atoms. The molecule has 3 aliphatic rings. The fourth-order valence-electron chi connectivity index (χ4n) is 4.28. The van der Waals surface area contributed by atoms with Crippen molar-refractivity contribution in [2.75, 3.05) is 19.6 Å². The van der Waals surface area contributed by atoms with Gasteiger partial charge < -0.3 is 5.32 Å². The van der Waals surface area contributed by atoms with Crippen LogP contribution in [0.1, 0.15) is 59.3 Å². The average Bonchev–Trinajstić information content (AvgIpc) is 3.28. The quantitative estimate of drug-likeness (QED) is 0.766. The van der Waals surface area contributed by atoms with Crippen LogP contribution in [-0.4, -0.2) is 36.6 Å². The van der Waals surface area contributed by atoms with Gasteiger partial charge in [0.05, 0.1) is 0 Å². The minimum absolute atomic E-state index is 0.733. The lowest BCUT2D eigenvalue weighted by Crippen LogP contribution is -2.57. The third kappa shape index (κ3) is 3.76. The lowest BCUT2D eigenvalue weighted by atomic mass is 9.93. The van der Waals surface area contributed by atoms with Crippen molar-refractivity contribution in [1.82, 2.24) is 10.2 Å². The number of nitrogens with zero attached hydrogens (tertiary/aromatic N) is 1. The molecular weight excluding hydrogens is 244 g/mol. The molecule has 2 saturated carbocycles. The summed E-state index contributed by atoms with van der Waals surface area (Å²) in [7, 11) is 0.